The molecule has 1 aromatic heterocycles. The summed E-state index contributed by atoms with van der Waals surface area (Å²) < 4.78 is 5.07. The fraction of sp³-hybridized carbons (Fsp3) is 0.474. The maximum atomic E-state index is 5.07. The number of likely N-dealkylation sites (tertiary alicyclic amines) is 1. The quantitative estimate of drug-likeness (QED) is 0.816. The zero-order valence-corrected chi connectivity index (χ0v) is 14.6. The first kappa shape index (κ1) is 16.9. The number of hydrogen-bond acceptors (Lipinski definition) is 5. The lowest BCUT2D eigenvalue weighted by molar-refractivity contribution is 0.116. The van der Waals surface area contributed by atoms with Crippen molar-refractivity contribution in [2.75, 3.05) is 26.7 Å². The van der Waals surface area contributed by atoms with E-state index in [0.717, 1.165) is 32.0 Å². The van der Waals surface area contributed by atoms with Gasteiger partial charge in [0.25, 0.3) is 0 Å². The molecule has 2 aromatic rings. The van der Waals surface area contributed by atoms with E-state index in [1.54, 1.807) is 0 Å². The standard InChI is InChI=1S/C19H26N4O/c1-16-20-19(21-24-16)15-23-13-7-11-18(14-23)22(2)12-6-10-17-8-4-3-5-9-17/h3-6,8-10,18H,7,11-15H2,1-2H3/b10-6-/t18-/m0/s1. The zero-order valence-electron chi connectivity index (χ0n) is 14.6. The van der Waals surface area contributed by atoms with Crippen LogP contribution < -0.4 is 0 Å². The molecule has 0 radical (unpaired) electrons. The first-order chi connectivity index (χ1) is 11.7. The van der Waals surface area contributed by atoms with E-state index in [9.17, 15) is 0 Å². The molecule has 1 fully saturated rings. The fourth-order valence-corrected chi connectivity index (χ4v) is 3.21. The Morgan fingerprint density at radius 2 is 2.17 bits per heavy atom. The van der Waals surface area contributed by atoms with Crippen LogP contribution in [0.25, 0.3) is 6.08 Å². The highest BCUT2D eigenvalue weighted by atomic mass is 16.5. The molecule has 0 spiro atoms. The lowest BCUT2D eigenvalue weighted by Gasteiger charge is -2.36. The van der Waals surface area contributed by atoms with Crippen molar-refractivity contribution >= 4 is 6.08 Å². The lowest BCUT2D eigenvalue weighted by atomic mass is 10.0. The van der Waals surface area contributed by atoms with Crippen LogP contribution in [0.1, 0.15) is 30.1 Å². The molecule has 0 aliphatic carbocycles. The van der Waals surface area contributed by atoms with E-state index in [0.29, 0.717) is 11.9 Å². The highest BCUT2D eigenvalue weighted by Gasteiger charge is 2.23. The third kappa shape index (κ3) is 4.76. The number of benzene rings is 1. The van der Waals surface area contributed by atoms with Crippen LogP contribution >= 0.6 is 0 Å². The highest BCUT2D eigenvalue weighted by molar-refractivity contribution is 5.48. The van der Waals surface area contributed by atoms with Crippen LogP contribution in [0.4, 0.5) is 0 Å². The van der Waals surface area contributed by atoms with E-state index >= 15 is 0 Å². The topological polar surface area (TPSA) is 45.4 Å². The molecule has 1 aliphatic rings. The lowest BCUT2D eigenvalue weighted by Crippen LogP contribution is -2.46. The van der Waals surface area contributed by atoms with Crippen LogP contribution in [0.2, 0.25) is 0 Å². The number of aryl methyl sites for hydroxylation is 1. The van der Waals surface area contributed by atoms with E-state index in [2.05, 4.69) is 63.4 Å². The normalized spacial score (nSPS) is 19.4. The Hall–Kier alpha value is -1.98. The van der Waals surface area contributed by atoms with E-state index < -0.39 is 0 Å². The van der Waals surface area contributed by atoms with Crippen molar-refractivity contribution in [1.29, 1.82) is 0 Å². The molecular weight excluding hydrogens is 300 g/mol. The molecule has 5 heteroatoms. The predicted octanol–water partition coefficient (Wildman–Crippen LogP) is 2.99. The van der Waals surface area contributed by atoms with Crippen LogP contribution in [0.15, 0.2) is 40.9 Å². The average Bonchev–Trinajstić information content (AvgIpc) is 3.01. The van der Waals surface area contributed by atoms with Crippen molar-refractivity contribution in [2.45, 2.75) is 32.4 Å². The Bertz CT molecular complexity index is 652. The summed E-state index contributed by atoms with van der Waals surface area (Å²) in [6.45, 7) is 5.75. The minimum atomic E-state index is 0.576. The molecular formula is C19H26N4O. The molecule has 2 heterocycles. The number of aromatic nitrogens is 2. The van der Waals surface area contributed by atoms with Gasteiger partial charge >= 0.3 is 0 Å². The SMILES string of the molecule is Cc1nc(CN2CCC[C@H](N(C)C/C=C\c3ccccc3)C2)no1. The van der Waals surface area contributed by atoms with E-state index in [-0.39, 0.29) is 0 Å². The third-order valence-electron chi connectivity index (χ3n) is 4.54. The third-order valence-corrected chi connectivity index (χ3v) is 4.54. The van der Waals surface area contributed by atoms with Crippen molar-refractivity contribution in [3.63, 3.8) is 0 Å². The molecule has 0 bridgehead atoms. The van der Waals surface area contributed by atoms with E-state index in [1.807, 2.05) is 13.0 Å². The van der Waals surface area contributed by atoms with Crippen LogP contribution in [0.5, 0.6) is 0 Å². The van der Waals surface area contributed by atoms with Gasteiger partial charge < -0.3 is 4.52 Å². The molecule has 0 N–H and O–H groups in total. The Morgan fingerprint density at radius 3 is 2.92 bits per heavy atom. The largest absolute Gasteiger partial charge is 0.340 e. The van der Waals surface area contributed by atoms with E-state index in [1.165, 1.54) is 18.4 Å². The molecule has 0 unspecified atom stereocenters. The Morgan fingerprint density at radius 1 is 1.33 bits per heavy atom. The minimum Gasteiger partial charge on any atom is -0.340 e. The van der Waals surface area contributed by atoms with Crippen molar-refractivity contribution in [1.82, 2.24) is 19.9 Å². The van der Waals surface area contributed by atoms with Crippen molar-refractivity contribution < 1.29 is 4.52 Å². The first-order valence-corrected chi connectivity index (χ1v) is 8.64. The molecule has 0 amide bonds. The smallest absolute Gasteiger partial charge is 0.223 e. The second-order valence-corrected chi connectivity index (χ2v) is 6.51. The van der Waals surface area contributed by atoms with Gasteiger partial charge in [-0.2, -0.15) is 4.98 Å². The van der Waals surface area contributed by atoms with Gasteiger partial charge in [-0.3, -0.25) is 9.80 Å². The molecule has 5 nitrogen and oxygen atoms in total. The summed E-state index contributed by atoms with van der Waals surface area (Å²) in [6.07, 6.45) is 6.90. The van der Waals surface area contributed by atoms with Gasteiger partial charge in [0.15, 0.2) is 5.82 Å². The number of hydrogen-bond donors (Lipinski definition) is 0. The Kier molecular flexibility index (Phi) is 5.77. The predicted molar refractivity (Wildman–Crippen MR) is 95.4 cm³/mol. The highest BCUT2D eigenvalue weighted by Crippen LogP contribution is 2.16. The van der Waals surface area contributed by atoms with Crippen LogP contribution in [0.3, 0.4) is 0 Å². The van der Waals surface area contributed by atoms with Gasteiger partial charge in [0.2, 0.25) is 5.89 Å². The van der Waals surface area contributed by atoms with Gasteiger partial charge in [-0.15, -0.1) is 0 Å². The summed E-state index contributed by atoms with van der Waals surface area (Å²) in [4.78, 5) is 9.18. The first-order valence-electron chi connectivity index (χ1n) is 8.64. The Labute approximate surface area is 144 Å². The van der Waals surface area contributed by atoms with Crippen molar-refractivity contribution in [2.24, 2.45) is 0 Å². The van der Waals surface area contributed by atoms with Gasteiger partial charge in [0.05, 0.1) is 6.54 Å². The monoisotopic (exact) mass is 326 g/mol. The fourth-order valence-electron chi connectivity index (χ4n) is 3.21. The molecule has 1 aliphatic heterocycles. The number of nitrogens with zero attached hydrogens (tertiary/aromatic N) is 4. The minimum absolute atomic E-state index is 0.576. The van der Waals surface area contributed by atoms with Gasteiger partial charge in [0.1, 0.15) is 0 Å². The van der Waals surface area contributed by atoms with Gasteiger partial charge in [-0.05, 0) is 32.0 Å². The zero-order chi connectivity index (χ0) is 16.8. The summed E-state index contributed by atoms with van der Waals surface area (Å²) in [7, 11) is 2.21. The molecule has 1 saturated heterocycles. The summed E-state index contributed by atoms with van der Waals surface area (Å²) in [5.41, 5.74) is 1.25. The number of likely N-dealkylation sites (N-methyl/N-ethyl adjacent to an activating group) is 1. The molecule has 1 aromatic carbocycles. The summed E-state index contributed by atoms with van der Waals surface area (Å²) in [5, 5.41) is 4.01. The van der Waals surface area contributed by atoms with Gasteiger partial charge in [-0.25, -0.2) is 0 Å². The molecule has 3 rings (SSSR count). The van der Waals surface area contributed by atoms with Gasteiger partial charge in [-0.1, -0.05) is 47.6 Å². The van der Waals surface area contributed by atoms with Crippen LogP contribution in [-0.4, -0.2) is 52.7 Å². The van der Waals surface area contributed by atoms with Crippen molar-refractivity contribution in [3.05, 3.63) is 53.7 Å². The van der Waals surface area contributed by atoms with Crippen molar-refractivity contribution in [3.8, 4) is 0 Å². The molecule has 128 valence electrons. The maximum absolute atomic E-state index is 5.07. The summed E-state index contributed by atoms with van der Waals surface area (Å²) >= 11 is 0. The number of piperidine rings is 1. The maximum Gasteiger partial charge on any atom is 0.223 e. The average molecular weight is 326 g/mol. The summed E-state index contributed by atoms with van der Waals surface area (Å²) in [5.74, 6) is 1.43. The van der Waals surface area contributed by atoms with Crippen LogP contribution in [0, 0.1) is 6.92 Å². The summed E-state index contributed by atoms with van der Waals surface area (Å²) in [6, 6.07) is 11.0. The van der Waals surface area contributed by atoms with E-state index in [4.69, 9.17) is 4.52 Å². The second kappa shape index (κ2) is 8.22. The number of rotatable bonds is 6. The molecule has 1 atom stereocenters. The molecule has 0 saturated carbocycles. The van der Waals surface area contributed by atoms with Gasteiger partial charge in [0, 0.05) is 26.1 Å². The van der Waals surface area contributed by atoms with Crippen LogP contribution in [-0.2, 0) is 6.54 Å². The second-order valence-electron chi connectivity index (χ2n) is 6.51. The molecule has 24 heavy (non-hydrogen) atoms. The Balaban J connectivity index is 1.49.